The van der Waals surface area contributed by atoms with Gasteiger partial charge in [0.15, 0.2) is 0 Å². The number of para-hydroxylation sites is 1. The summed E-state index contributed by atoms with van der Waals surface area (Å²) in [6, 6.07) is 8.92. The van der Waals surface area contributed by atoms with Crippen LogP contribution in [0, 0.1) is 23.1 Å². The van der Waals surface area contributed by atoms with E-state index in [1.54, 1.807) is 6.07 Å². The molecule has 1 amide bonds. The average Bonchev–Trinajstić information content (AvgIpc) is 2.74. The molecular weight excluding hydrogens is 355 g/mol. The Morgan fingerprint density at radius 3 is 2.46 bits per heavy atom. The van der Waals surface area contributed by atoms with Gasteiger partial charge in [-0.15, -0.1) is 0 Å². The van der Waals surface area contributed by atoms with Gasteiger partial charge in [-0.2, -0.15) is 5.26 Å². The summed E-state index contributed by atoms with van der Waals surface area (Å²) in [4.78, 5) is 15.7. The number of likely N-dealkylation sites (N-methyl/N-ethyl adjacent to an activating group) is 1. The summed E-state index contributed by atoms with van der Waals surface area (Å²) in [7, 11) is 0. The van der Waals surface area contributed by atoms with Gasteiger partial charge in [-0.1, -0.05) is 38.3 Å². The van der Waals surface area contributed by atoms with E-state index < -0.39 is 0 Å². The zero-order chi connectivity index (χ0) is 20.2. The third-order valence-electron chi connectivity index (χ3n) is 5.58. The molecule has 0 atom stereocenters. The Morgan fingerprint density at radius 2 is 1.86 bits per heavy atom. The first-order chi connectivity index (χ1) is 13.6. The molecule has 0 unspecified atom stereocenters. The largest absolute Gasteiger partial charge is 0.367 e. The van der Waals surface area contributed by atoms with Crippen LogP contribution in [-0.2, 0) is 4.79 Å². The van der Waals surface area contributed by atoms with Gasteiger partial charge in [-0.25, -0.2) is 4.39 Å². The van der Waals surface area contributed by atoms with Crippen molar-refractivity contribution in [2.24, 2.45) is 5.92 Å². The molecule has 1 aromatic rings. The molecule has 3 rings (SSSR count). The Bertz CT molecular complexity index is 632. The normalized spacial score (nSPS) is 18.0. The highest BCUT2D eigenvalue weighted by molar-refractivity contribution is 5.76. The second-order valence-electron chi connectivity index (χ2n) is 7.52. The molecule has 2 aliphatic rings. The van der Waals surface area contributed by atoms with Gasteiger partial charge in [0.2, 0.25) is 5.91 Å². The first-order valence-corrected chi connectivity index (χ1v) is 10.5. The number of carbonyl (C=O) groups is 1. The van der Waals surface area contributed by atoms with Crippen LogP contribution in [0.1, 0.15) is 45.4 Å². The molecule has 28 heavy (non-hydrogen) atoms. The van der Waals surface area contributed by atoms with E-state index in [-0.39, 0.29) is 18.3 Å². The van der Waals surface area contributed by atoms with E-state index in [0.717, 1.165) is 38.4 Å². The molecule has 0 bridgehead atoms. The van der Waals surface area contributed by atoms with Crippen LogP contribution >= 0.6 is 0 Å². The Hall–Kier alpha value is -2.13. The number of nitriles is 1. The summed E-state index contributed by atoms with van der Waals surface area (Å²) in [5, 5.41) is 10.8. The number of benzene rings is 1. The number of nitrogens with one attached hydrogen (secondary N) is 1. The van der Waals surface area contributed by atoms with Crippen LogP contribution in [0.3, 0.4) is 0 Å². The van der Waals surface area contributed by atoms with Crippen molar-refractivity contribution in [3.05, 3.63) is 30.1 Å². The van der Waals surface area contributed by atoms with Gasteiger partial charge in [-0.05, 0) is 37.4 Å². The zero-order valence-electron chi connectivity index (χ0n) is 17.0. The SMILES string of the molecule is CCN1CCN(c2ccccc2F)CC1.N#CCNC(=O)CC1CCCCC1. The van der Waals surface area contributed by atoms with Crippen LogP contribution in [0.25, 0.3) is 0 Å². The summed E-state index contributed by atoms with van der Waals surface area (Å²) in [6.07, 6.45) is 6.81. The highest BCUT2D eigenvalue weighted by Crippen LogP contribution is 2.26. The molecule has 1 saturated heterocycles. The van der Waals surface area contributed by atoms with Gasteiger partial charge in [-0.3, -0.25) is 4.79 Å². The average molecular weight is 389 g/mol. The second kappa shape index (κ2) is 12.4. The van der Waals surface area contributed by atoms with E-state index in [0.29, 0.717) is 12.3 Å². The minimum absolute atomic E-state index is 0.0356. The highest BCUT2D eigenvalue weighted by Gasteiger charge is 2.18. The first-order valence-electron chi connectivity index (χ1n) is 10.5. The molecule has 1 saturated carbocycles. The van der Waals surface area contributed by atoms with Crippen molar-refractivity contribution < 1.29 is 9.18 Å². The monoisotopic (exact) mass is 388 g/mol. The zero-order valence-corrected chi connectivity index (χ0v) is 17.0. The minimum atomic E-state index is -0.109. The van der Waals surface area contributed by atoms with Crippen LogP contribution in [-0.4, -0.2) is 50.1 Å². The fourth-order valence-electron chi connectivity index (χ4n) is 3.88. The lowest BCUT2D eigenvalue weighted by atomic mass is 9.87. The van der Waals surface area contributed by atoms with Crippen LogP contribution in [0.15, 0.2) is 24.3 Å². The van der Waals surface area contributed by atoms with Gasteiger partial charge >= 0.3 is 0 Å². The van der Waals surface area contributed by atoms with E-state index in [1.165, 1.54) is 38.2 Å². The van der Waals surface area contributed by atoms with Crippen molar-refractivity contribution in [1.82, 2.24) is 10.2 Å². The van der Waals surface area contributed by atoms with Gasteiger partial charge in [0, 0.05) is 32.6 Å². The van der Waals surface area contributed by atoms with Gasteiger partial charge in [0.25, 0.3) is 0 Å². The maximum absolute atomic E-state index is 13.5. The van der Waals surface area contributed by atoms with Crippen LogP contribution in [0.2, 0.25) is 0 Å². The maximum Gasteiger partial charge on any atom is 0.221 e. The molecular formula is C22H33FN4O. The molecule has 1 aliphatic carbocycles. The number of rotatable bonds is 5. The van der Waals surface area contributed by atoms with Crippen LogP contribution in [0.5, 0.6) is 0 Å². The predicted molar refractivity (Wildman–Crippen MR) is 111 cm³/mol. The number of anilines is 1. The molecule has 0 spiro atoms. The molecule has 5 nitrogen and oxygen atoms in total. The number of nitrogens with zero attached hydrogens (tertiary/aromatic N) is 3. The number of carbonyl (C=O) groups excluding carboxylic acids is 1. The fourth-order valence-corrected chi connectivity index (χ4v) is 3.88. The standard InChI is InChI=1S/C12H17FN2.C10H16N2O/c1-2-14-7-9-15(10-8-14)12-6-4-3-5-11(12)13;11-6-7-12-10(13)8-9-4-2-1-3-5-9/h3-6H,2,7-10H2,1H3;9H,1-5,7-8H2,(H,12,13). The van der Waals surface area contributed by atoms with E-state index in [4.69, 9.17) is 5.26 Å². The van der Waals surface area contributed by atoms with Gasteiger partial charge < -0.3 is 15.1 Å². The number of halogens is 1. The topological polar surface area (TPSA) is 59.4 Å². The molecule has 1 aromatic carbocycles. The van der Waals surface area contributed by atoms with Crippen LogP contribution < -0.4 is 10.2 Å². The molecule has 1 heterocycles. The number of amides is 1. The Kier molecular flexibility index (Phi) is 9.78. The molecule has 6 heteroatoms. The van der Waals surface area contributed by atoms with Gasteiger partial charge in [0.1, 0.15) is 12.4 Å². The van der Waals surface area contributed by atoms with E-state index in [9.17, 15) is 9.18 Å². The van der Waals surface area contributed by atoms with Crippen molar-refractivity contribution >= 4 is 11.6 Å². The molecule has 0 radical (unpaired) electrons. The third-order valence-corrected chi connectivity index (χ3v) is 5.58. The van der Waals surface area contributed by atoms with Crippen LogP contribution in [0.4, 0.5) is 10.1 Å². The van der Waals surface area contributed by atoms with Crippen molar-refractivity contribution in [3.8, 4) is 6.07 Å². The Morgan fingerprint density at radius 1 is 1.18 bits per heavy atom. The summed E-state index contributed by atoms with van der Waals surface area (Å²) < 4.78 is 13.5. The van der Waals surface area contributed by atoms with Crippen molar-refractivity contribution in [2.45, 2.75) is 45.4 Å². The highest BCUT2D eigenvalue weighted by atomic mass is 19.1. The van der Waals surface area contributed by atoms with Crippen molar-refractivity contribution in [3.63, 3.8) is 0 Å². The molecule has 1 aliphatic heterocycles. The molecule has 2 fully saturated rings. The Balaban J connectivity index is 0.000000203. The van der Waals surface area contributed by atoms with Crippen molar-refractivity contribution in [1.29, 1.82) is 5.26 Å². The smallest absolute Gasteiger partial charge is 0.221 e. The van der Waals surface area contributed by atoms with E-state index in [2.05, 4.69) is 22.0 Å². The summed E-state index contributed by atoms with van der Waals surface area (Å²) >= 11 is 0. The lowest BCUT2D eigenvalue weighted by Gasteiger charge is -2.35. The lowest BCUT2D eigenvalue weighted by molar-refractivity contribution is -0.122. The van der Waals surface area contributed by atoms with Crippen molar-refractivity contribution in [2.75, 3.05) is 44.2 Å². The maximum atomic E-state index is 13.5. The number of hydrogen-bond acceptors (Lipinski definition) is 4. The number of hydrogen-bond donors (Lipinski definition) is 1. The minimum Gasteiger partial charge on any atom is -0.367 e. The van der Waals surface area contributed by atoms with E-state index in [1.807, 2.05) is 18.2 Å². The summed E-state index contributed by atoms with van der Waals surface area (Å²) in [5.41, 5.74) is 0.744. The summed E-state index contributed by atoms with van der Waals surface area (Å²) in [5.74, 6) is 0.489. The predicted octanol–water partition coefficient (Wildman–Crippen LogP) is 3.56. The summed E-state index contributed by atoms with van der Waals surface area (Å²) in [6.45, 7) is 7.31. The Labute approximate surface area is 168 Å². The quantitative estimate of drug-likeness (QED) is 0.784. The number of piperazine rings is 1. The lowest BCUT2D eigenvalue weighted by Crippen LogP contribution is -2.46. The van der Waals surface area contributed by atoms with Gasteiger partial charge in [0.05, 0.1) is 11.8 Å². The third kappa shape index (κ3) is 7.47. The fraction of sp³-hybridized carbons (Fsp3) is 0.636. The second-order valence-corrected chi connectivity index (χ2v) is 7.52. The first kappa shape index (κ1) is 22.2. The molecule has 154 valence electrons. The molecule has 1 N–H and O–H groups in total. The van der Waals surface area contributed by atoms with E-state index >= 15 is 0 Å². The molecule has 0 aromatic heterocycles.